The second-order valence-corrected chi connectivity index (χ2v) is 7.13. The van der Waals surface area contributed by atoms with Gasteiger partial charge in [-0.3, -0.25) is 14.5 Å². The summed E-state index contributed by atoms with van der Waals surface area (Å²) in [4.78, 5) is 26.7. The van der Waals surface area contributed by atoms with Crippen LogP contribution in [0.1, 0.15) is 12.8 Å². The molecule has 4 rings (SSSR count). The molecule has 0 unspecified atom stereocenters. The SMILES string of the molecule is O=C(CCCN1CCOCC1)Nc1cccc(-c2n[nH]c(=O)c3ccccc23)c1. The molecule has 1 aromatic heterocycles. The van der Waals surface area contributed by atoms with Crippen LogP contribution in [-0.2, 0) is 9.53 Å². The van der Waals surface area contributed by atoms with E-state index in [1.807, 2.05) is 42.5 Å². The second-order valence-electron chi connectivity index (χ2n) is 7.13. The van der Waals surface area contributed by atoms with E-state index >= 15 is 0 Å². The van der Waals surface area contributed by atoms with Crippen molar-refractivity contribution in [1.29, 1.82) is 0 Å². The van der Waals surface area contributed by atoms with Crippen LogP contribution >= 0.6 is 0 Å². The summed E-state index contributed by atoms with van der Waals surface area (Å²) in [5.74, 6) is -0.00491. The number of morpholine rings is 1. The lowest BCUT2D eigenvalue weighted by Crippen LogP contribution is -2.37. The first-order valence-corrected chi connectivity index (χ1v) is 9.88. The van der Waals surface area contributed by atoms with Crippen molar-refractivity contribution in [3.63, 3.8) is 0 Å². The van der Waals surface area contributed by atoms with Gasteiger partial charge in [0.1, 0.15) is 0 Å². The third kappa shape index (κ3) is 4.70. The van der Waals surface area contributed by atoms with Crippen molar-refractivity contribution < 1.29 is 9.53 Å². The van der Waals surface area contributed by atoms with E-state index in [1.165, 1.54) is 0 Å². The molecule has 3 aromatic rings. The van der Waals surface area contributed by atoms with E-state index in [9.17, 15) is 9.59 Å². The molecule has 0 atom stereocenters. The number of rotatable bonds is 6. The van der Waals surface area contributed by atoms with Crippen LogP contribution in [0.25, 0.3) is 22.0 Å². The summed E-state index contributed by atoms with van der Waals surface area (Å²) < 4.78 is 5.34. The Bertz CT molecular complexity index is 1060. The minimum atomic E-state index is -0.214. The molecule has 1 amide bonds. The minimum Gasteiger partial charge on any atom is -0.379 e. The van der Waals surface area contributed by atoms with Gasteiger partial charge >= 0.3 is 0 Å². The van der Waals surface area contributed by atoms with Crippen molar-refractivity contribution in [2.45, 2.75) is 12.8 Å². The van der Waals surface area contributed by atoms with Gasteiger partial charge in [-0.05, 0) is 31.2 Å². The number of aromatic nitrogens is 2. The number of hydrogen-bond donors (Lipinski definition) is 2. The Kier molecular flexibility index (Phi) is 5.97. The summed E-state index contributed by atoms with van der Waals surface area (Å²) in [5, 5.41) is 11.1. The lowest BCUT2D eigenvalue weighted by atomic mass is 10.0. The summed E-state index contributed by atoms with van der Waals surface area (Å²) in [6.07, 6.45) is 1.29. The molecule has 2 heterocycles. The average molecular weight is 392 g/mol. The van der Waals surface area contributed by atoms with Crippen LogP contribution in [0.15, 0.2) is 53.3 Å². The molecule has 0 spiro atoms. The first-order valence-electron chi connectivity index (χ1n) is 9.88. The van der Waals surface area contributed by atoms with Gasteiger partial charge in [0, 0.05) is 36.1 Å². The normalized spacial score (nSPS) is 14.8. The number of fused-ring (bicyclic) bond motifs is 1. The number of nitrogens with one attached hydrogen (secondary N) is 2. The zero-order valence-corrected chi connectivity index (χ0v) is 16.2. The standard InChI is InChI=1S/C22H24N4O3/c27-20(9-4-10-26-11-13-29-14-12-26)23-17-6-3-5-16(15-17)21-18-7-1-2-8-19(18)22(28)25-24-21/h1-3,5-8,15H,4,9-14H2,(H,23,27)(H,25,28). The van der Waals surface area contributed by atoms with Gasteiger partial charge in [-0.1, -0.05) is 30.3 Å². The van der Waals surface area contributed by atoms with Crippen molar-refractivity contribution in [2.24, 2.45) is 0 Å². The van der Waals surface area contributed by atoms with Crippen LogP contribution in [0.3, 0.4) is 0 Å². The van der Waals surface area contributed by atoms with Gasteiger partial charge < -0.3 is 10.1 Å². The molecule has 0 saturated carbocycles. The fourth-order valence-electron chi connectivity index (χ4n) is 3.59. The summed E-state index contributed by atoms with van der Waals surface area (Å²) in [6.45, 7) is 4.32. The van der Waals surface area contributed by atoms with Crippen molar-refractivity contribution in [3.8, 4) is 11.3 Å². The number of ether oxygens (including phenoxy) is 1. The third-order valence-electron chi connectivity index (χ3n) is 5.10. The average Bonchev–Trinajstić information content (AvgIpc) is 2.75. The maximum Gasteiger partial charge on any atom is 0.272 e. The topological polar surface area (TPSA) is 87.3 Å². The van der Waals surface area contributed by atoms with E-state index in [-0.39, 0.29) is 11.5 Å². The fraction of sp³-hybridized carbons (Fsp3) is 0.318. The largest absolute Gasteiger partial charge is 0.379 e. The Morgan fingerprint density at radius 1 is 1.10 bits per heavy atom. The molecule has 0 radical (unpaired) electrons. The minimum absolute atomic E-state index is 0.00491. The van der Waals surface area contributed by atoms with Crippen molar-refractivity contribution in [1.82, 2.24) is 15.1 Å². The van der Waals surface area contributed by atoms with Gasteiger partial charge in [-0.15, -0.1) is 0 Å². The molecule has 1 aliphatic rings. The molecule has 1 saturated heterocycles. The predicted octanol–water partition coefficient (Wildman–Crippen LogP) is 2.64. The van der Waals surface area contributed by atoms with Gasteiger partial charge in [-0.2, -0.15) is 5.10 Å². The zero-order valence-electron chi connectivity index (χ0n) is 16.2. The van der Waals surface area contributed by atoms with Gasteiger partial charge in [0.2, 0.25) is 5.91 Å². The second kappa shape index (κ2) is 8.98. The van der Waals surface area contributed by atoms with Gasteiger partial charge in [-0.25, -0.2) is 5.10 Å². The van der Waals surface area contributed by atoms with Crippen LogP contribution in [0, 0.1) is 0 Å². The molecule has 7 nitrogen and oxygen atoms in total. The molecule has 0 bridgehead atoms. The van der Waals surface area contributed by atoms with E-state index < -0.39 is 0 Å². The quantitative estimate of drug-likeness (QED) is 0.673. The molecule has 7 heteroatoms. The molecule has 2 aromatic carbocycles. The third-order valence-corrected chi connectivity index (χ3v) is 5.10. The maximum atomic E-state index is 12.3. The van der Waals surface area contributed by atoms with E-state index in [0.29, 0.717) is 17.5 Å². The summed E-state index contributed by atoms with van der Waals surface area (Å²) in [5.41, 5.74) is 2.03. The van der Waals surface area contributed by atoms with Crippen molar-refractivity contribution in [2.75, 3.05) is 38.2 Å². The van der Waals surface area contributed by atoms with Gasteiger partial charge in [0.05, 0.1) is 24.3 Å². The van der Waals surface area contributed by atoms with Crippen LogP contribution in [0.4, 0.5) is 5.69 Å². The van der Waals surface area contributed by atoms with Crippen LogP contribution in [0.5, 0.6) is 0 Å². The van der Waals surface area contributed by atoms with Gasteiger partial charge in [0.25, 0.3) is 5.56 Å². The molecule has 150 valence electrons. The van der Waals surface area contributed by atoms with Crippen molar-refractivity contribution in [3.05, 3.63) is 58.9 Å². The highest BCUT2D eigenvalue weighted by molar-refractivity contribution is 5.95. The van der Waals surface area contributed by atoms with Crippen LogP contribution < -0.4 is 10.9 Å². The number of H-pyrrole nitrogens is 1. The van der Waals surface area contributed by atoms with E-state index in [0.717, 1.165) is 55.9 Å². The number of anilines is 1. The van der Waals surface area contributed by atoms with Crippen LogP contribution in [0.2, 0.25) is 0 Å². The fourth-order valence-corrected chi connectivity index (χ4v) is 3.59. The maximum absolute atomic E-state index is 12.3. The zero-order chi connectivity index (χ0) is 20.1. The van der Waals surface area contributed by atoms with E-state index in [4.69, 9.17) is 4.74 Å². The number of hydrogen-bond acceptors (Lipinski definition) is 5. The molecular formula is C22H24N4O3. The summed E-state index contributed by atoms with van der Waals surface area (Å²) in [6, 6.07) is 14.9. The van der Waals surface area contributed by atoms with Gasteiger partial charge in [0.15, 0.2) is 0 Å². The Morgan fingerprint density at radius 2 is 1.90 bits per heavy atom. The Labute approximate surface area is 168 Å². The van der Waals surface area contributed by atoms with E-state index in [1.54, 1.807) is 6.07 Å². The predicted molar refractivity (Wildman–Crippen MR) is 113 cm³/mol. The highest BCUT2D eigenvalue weighted by Gasteiger charge is 2.12. The van der Waals surface area contributed by atoms with Crippen LogP contribution in [-0.4, -0.2) is 53.9 Å². The summed E-state index contributed by atoms with van der Waals surface area (Å²) in [7, 11) is 0. The molecule has 29 heavy (non-hydrogen) atoms. The Balaban J connectivity index is 1.43. The number of carbonyl (C=O) groups excluding carboxylic acids is 1. The molecular weight excluding hydrogens is 368 g/mol. The number of benzene rings is 2. The smallest absolute Gasteiger partial charge is 0.272 e. The highest BCUT2D eigenvalue weighted by Crippen LogP contribution is 2.26. The Morgan fingerprint density at radius 3 is 2.72 bits per heavy atom. The monoisotopic (exact) mass is 392 g/mol. The lowest BCUT2D eigenvalue weighted by molar-refractivity contribution is -0.116. The lowest BCUT2D eigenvalue weighted by Gasteiger charge is -2.26. The van der Waals surface area contributed by atoms with E-state index in [2.05, 4.69) is 20.4 Å². The molecule has 2 N–H and O–H groups in total. The first-order chi connectivity index (χ1) is 14.2. The summed E-state index contributed by atoms with van der Waals surface area (Å²) >= 11 is 0. The number of aromatic amines is 1. The Hall–Kier alpha value is -3.03. The first kappa shape index (κ1) is 19.3. The number of amides is 1. The number of nitrogens with zero attached hydrogens (tertiary/aromatic N) is 2. The molecule has 1 aliphatic heterocycles. The highest BCUT2D eigenvalue weighted by atomic mass is 16.5. The number of carbonyl (C=O) groups is 1. The van der Waals surface area contributed by atoms with Crippen molar-refractivity contribution >= 4 is 22.4 Å². The molecule has 0 aliphatic carbocycles. The molecule has 1 fully saturated rings.